The minimum atomic E-state index is 0.670. The Labute approximate surface area is 111 Å². The highest BCUT2D eigenvalue weighted by Gasteiger charge is 2.12. The maximum absolute atomic E-state index is 5.99. The summed E-state index contributed by atoms with van der Waals surface area (Å²) in [4.78, 5) is 7.77. The maximum atomic E-state index is 5.99. The molecule has 0 bridgehead atoms. The molecule has 3 rings (SSSR count). The number of imidazole rings is 1. The second-order valence-electron chi connectivity index (χ2n) is 3.76. The summed E-state index contributed by atoms with van der Waals surface area (Å²) >= 11 is 9.45. The van der Waals surface area contributed by atoms with Gasteiger partial charge in [0.25, 0.3) is 0 Å². The fourth-order valence-corrected chi connectivity index (χ4v) is 2.70. The van der Waals surface area contributed by atoms with Crippen LogP contribution < -0.4 is 0 Å². The van der Waals surface area contributed by atoms with Crippen molar-refractivity contribution < 1.29 is 4.42 Å². The summed E-state index contributed by atoms with van der Waals surface area (Å²) < 4.78 is 6.15. The van der Waals surface area contributed by atoms with Crippen LogP contribution >= 0.6 is 27.5 Å². The molecule has 17 heavy (non-hydrogen) atoms. The largest absolute Gasteiger partial charge is 0.469 e. The normalized spacial score (nSPS) is 11.2. The zero-order chi connectivity index (χ0) is 12.0. The first-order valence-corrected chi connectivity index (χ1v) is 6.21. The van der Waals surface area contributed by atoms with Crippen LogP contribution in [0, 0.1) is 6.92 Å². The van der Waals surface area contributed by atoms with Crippen molar-refractivity contribution in [3.63, 3.8) is 0 Å². The zero-order valence-corrected chi connectivity index (χ0v) is 11.3. The number of nitrogens with zero attached hydrogens (tertiary/aromatic N) is 1. The van der Waals surface area contributed by atoms with E-state index in [1.54, 1.807) is 6.26 Å². The van der Waals surface area contributed by atoms with Crippen LogP contribution in [0.4, 0.5) is 0 Å². The number of hydrogen-bond donors (Lipinski definition) is 1. The van der Waals surface area contributed by atoms with Gasteiger partial charge in [-0.05, 0) is 41.1 Å². The van der Waals surface area contributed by atoms with Crippen molar-refractivity contribution >= 4 is 38.6 Å². The van der Waals surface area contributed by atoms with Gasteiger partial charge in [0, 0.05) is 9.50 Å². The molecule has 2 heterocycles. The number of rotatable bonds is 1. The molecule has 0 saturated carbocycles. The topological polar surface area (TPSA) is 41.8 Å². The molecule has 0 aliphatic rings. The average Bonchev–Trinajstić information content (AvgIpc) is 2.83. The van der Waals surface area contributed by atoms with Crippen LogP contribution in [0.25, 0.3) is 22.4 Å². The number of aromatic amines is 1. The first kappa shape index (κ1) is 10.9. The van der Waals surface area contributed by atoms with Crippen LogP contribution in [0.2, 0.25) is 5.02 Å². The van der Waals surface area contributed by atoms with E-state index in [4.69, 9.17) is 16.0 Å². The third kappa shape index (κ3) is 1.77. The van der Waals surface area contributed by atoms with Crippen LogP contribution in [0.1, 0.15) is 5.76 Å². The average molecular weight is 312 g/mol. The molecule has 3 aromatic rings. The first-order chi connectivity index (χ1) is 8.15. The second kappa shape index (κ2) is 3.89. The summed E-state index contributed by atoms with van der Waals surface area (Å²) in [7, 11) is 0. The summed E-state index contributed by atoms with van der Waals surface area (Å²) in [6.07, 6.45) is 1.65. The van der Waals surface area contributed by atoms with Crippen LogP contribution in [-0.4, -0.2) is 9.97 Å². The standard InChI is InChI=1S/C12H8BrClN2O/c1-6-8(2-3-17-6)12-15-10-5-7(14)4-9(13)11(10)16-12/h2-5H,1H3,(H,15,16). The SMILES string of the molecule is Cc1occc1-c1nc2c(Br)cc(Cl)cc2[nH]1. The van der Waals surface area contributed by atoms with E-state index in [2.05, 4.69) is 25.9 Å². The van der Waals surface area contributed by atoms with Gasteiger partial charge in [-0.3, -0.25) is 0 Å². The van der Waals surface area contributed by atoms with E-state index in [-0.39, 0.29) is 0 Å². The van der Waals surface area contributed by atoms with E-state index < -0.39 is 0 Å². The number of halogens is 2. The third-order valence-electron chi connectivity index (χ3n) is 2.62. The molecular formula is C12H8BrClN2O. The second-order valence-corrected chi connectivity index (χ2v) is 5.05. The summed E-state index contributed by atoms with van der Waals surface area (Å²) in [6.45, 7) is 1.91. The molecule has 0 atom stereocenters. The molecule has 86 valence electrons. The Kier molecular flexibility index (Phi) is 2.49. The number of fused-ring (bicyclic) bond motifs is 1. The quantitative estimate of drug-likeness (QED) is 0.716. The van der Waals surface area contributed by atoms with Crippen LogP contribution in [-0.2, 0) is 0 Å². The third-order valence-corrected chi connectivity index (χ3v) is 3.44. The van der Waals surface area contributed by atoms with Crippen molar-refractivity contribution in [1.82, 2.24) is 9.97 Å². The molecule has 0 aliphatic heterocycles. The molecule has 3 nitrogen and oxygen atoms in total. The number of furan rings is 1. The molecule has 0 saturated heterocycles. The van der Waals surface area contributed by atoms with Gasteiger partial charge in [-0.15, -0.1) is 0 Å². The van der Waals surface area contributed by atoms with Crippen molar-refractivity contribution in [3.8, 4) is 11.4 Å². The Hall–Kier alpha value is -1.26. The van der Waals surface area contributed by atoms with Gasteiger partial charge in [-0.2, -0.15) is 0 Å². The van der Waals surface area contributed by atoms with Crippen molar-refractivity contribution in [2.45, 2.75) is 6.92 Å². The maximum Gasteiger partial charge on any atom is 0.142 e. The van der Waals surface area contributed by atoms with Crippen LogP contribution in [0.15, 0.2) is 33.4 Å². The number of aromatic nitrogens is 2. The van der Waals surface area contributed by atoms with Crippen LogP contribution in [0.3, 0.4) is 0 Å². The number of hydrogen-bond acceptors (Lipinski definition) is 2. The van der Waals surface area contributed by atoms with Gasteiger partial charge in [0.1, 0.15) is 17.1 Å². The molecule has 0 fully saturated rings. The predicted molar refractivity (Wildman–Crippen MR) is 71.2 cm³/mol. The lowest BCUT2D eigenvalue weighted by Gasteiger charge is -1.92. The Morgan fingerprint density at radius 3 is 2.94 bits per heavy atom. The Bertz CT molecular complexity index is 702. The number of nitrogens with one attached hydrogen (secondary N) is 1. The molecule has 0 amide bonds. The molecule has 0 radical (unpaired) electrons. The molecule has 5 heteroatoms. The number of aryl methyl sites for hydroxylation is 1. The van der Waals surface area contributed by atoms with Gasteiger partial charge < -0.3 is 9.40 Å². The lowest BCUT2D eigenvalue weighted by Crippen LogP contribution is -1.78. The van der Waals surface area contributed by atoms with Crippen molar-refractivity contribution in [1.29, 1.82) is 0 Å². The first-order valence-electron chi connectivity index (χ1n) is 5.04. The number of benzene rings is 1. The number of H-pyrrole nitrogens is 1. The lowest BCUT2D eigenvalue weighted by molar-refractivity contribution is 0.535. The highest BCUT2D eigenvalue weighted by atomic mass is 79.9. The van der Waals surface area contributed by atoms with Crippen molar-refractivity contribution in [2.75, 3.05) is 0 Å². The summed E-state index contributed by atoms with van der Waals surface area (Å²) in [5.41, 5.74) is 2.73. The fourth-order valence-electron chi connectivity index (χ4n) is 1.80. The Morgan fingerprint density at radius 2 is 2.24 bits per heavy atom. The fraction of sp³-hybridized carbons (Fsp3) is 0.0833. The minimum absolute atomic E-state index is 0.670. The summed E-state index contributed by atoms with van der Waals surface area (Å²) in [5.74, 6) is 1.63. The molecule has 0 spiro atoms. The van der Waals surface area contributed by atoms with E-state index in [0.29, 0.717) is 5.02 Å². The van der Waals surface area contributed by atoms with Gasteiger partial charge in [0.05, 0.1) is 17.3 Å². The smallest absolute Gasteiger partial charge is 0.142 e. The van der Waals surface area contributed by atoms with Crippen molar-refractivity contribution in [2.24, 2.45) is 0 Å². The van der Waals surface area contributed by atoms with Crippen LogP contribution in [0.5, 0.6) is 0 Å². The minimum Gasteiger partial charge on any atom is -0.469 e. The zero-order valence-electron chi connectivity index (χ0n) is 8.92. The van der Waals surface area contributed by atoms with Gasteiger partial charge >= 0.3 is 0 Å². The van der Waals surface area contributed by atoms with Gasteiger partial charge in [0.2, 0.25) is 0 Å². The Morgan fingerprint density at radius 1 is 1.41 bits per heavy atom. The van der Waals surface area contributed by atoms with E-state index in [1.807, 2.05) is 25.1 Å². The molecule has 2 aromatic heterocycles. The highest BCUT2D eigenvalue weighted by Crippen LogP contribution is 2.30. The predicted octanol–water partition coefficient (Wildman–Crippen LogP) is 4.55. The van der Waals surface area contributed by atoms with E-state index >= 15 is 0 Å². The van der Waals surface area contributed by atoms with Gasteiger partial charge in [-0.1, -0.05) is 11.6 Å². The molecule has 0 aliphatic carbocycles. The van der Waals surface area contributed by atoms with Gasteiger partial charge in [0.15, 0.2) is 0 Å². The lowest BCUT2D eigenvalue weighted by atomic mass is 10.2. The van der Waals surface area contributed by atoms with E-state index in [1.165, 1.54) is 0 Å². The van der Waals surface area contributed by atoms with E-state index in [9.17, 15) is 0 Å². The Balaban J connectivity index is 2.27. The molecule has 1 N–H and O–H groups in total. The molecular weight excluding hydrogens is 304 g/mol. The van der Waals surface area contributed by atoms with Gasteiger partial charge in [-0.25, -0.2) is 4.98 Å². The van der Waals surface area contributed by atoms with E-state index in [0.717, 1.165) is 32.7 Å². The summed E-state index contributed by atoms with van der Waals surface area (Å²) in [5, 5.41) is 0.670. The highest BCUT2D eigenvalue weighted by molar-refractivity contribution is 9.10. The molecule has 1 aromatic carbocycles. The molecule has 0 unspecified atom stereocenters. The van der Waals surface area contributed by atoms with Crippen molar-refractivity contribution in [3.05, 3.63) is 39.7 Å². The monoisotopic (exact) mass is 310 g/mol. The summed E-state index contributed by atoms with van der Waals surface area (Å²) in [6, 6.07) is 5.58.